The van der Waals surface area contributed by atoms with Crippen LogP contribution in [0.25, 0.3) is 0 Å². The summed E-state index contributed by atoms with van der Waals surface area (Å²) in [6.07, 6.45) is 4.59. The highest BCUT2D eigenvalue weighted by Crippen LogP contribution is 2.30. The minimum Gasteiger partial charge on any atom is -0.376 e. The van der Waals surface area contributed by atoms with Crippen molar-refractivity contribution < 1.29 is 4.74 Å². The quantitative estimate of drug-likeness (QED) is 0.829. The Hall–Kier alpha value is -2.39. The Bertz CT molecular complexity index is 698. The van der Waals surface area contributed by atoms with Gasteiger partial charge in [0.25, 0.3) is 0 Å². The third-order valence-corrected chi connectivity index (χ3v) is 4.09. The first-order chi connectivity index (χ1) is 10.3. The molecule has 0 saturated carbocycles. The lowest BCUT2D eigenvalue weighted by atomic mass is 10.0. The van der Waals surface area contributed by atoms with E-state index in [1.165, 1.54) is 0 Å². The summed E-state index contributed by atoms with van der Waals surface area (Å²) >= 11 is 0. The van der Waals surface area contributed by atoms with E-state index in [9.17, 15) is 5.26 Å². The minimum absolute atomic E-state index is 0.368. The first kappa shape index (κ1) is 12.4. The fourth-order valence-electron chi connectivity index (χ4n) is 2.89. The van der Waals surface area contributed by atoms with Crippen LogP contribution in [0.1, 0.15) is 22.9 Å². The van der Waals surface area contributed by atoms with Gasteiger partial charge in [0, 0.05) is 37.5 Å². The summed E-state index contributed by atoms with van der Waals surface area (Å²) in [6.45, 7) is 2.96. The van der Waals surface area contributed by atoms with Gasteiger partial charge in [-0.2, -0.15) is 10.4 Å². The lowest BCUT2D eigenvalue weighted by Gasteiger charge is -2.40. The Morgan fingerprint density at radius 1 is 1.38 bits per heavy atom. The summed E-state index contributed by atoms with van der Waals surface area (Å²) in [6, 6.07) is 6.49. The number of pyridine rings is 1. The number of ether oxygens (including phenoxy) is 1. The maximum Gasteiger partial charge on any atom is 0.146 e. The second-order valence-corrected chi connectivity index (χ2v) is 5.42. The van der Waals surface area contributed by atoms with Gasteiger partial charge in [0.2, 0.25) is 0 Å². The molecule has 6 heteroatoms. The molecule has 0 aromatic carbocycles. The van der Waals surface area contributed by atoms with Gasteiger partial charge in [-0.1, -0.05) is 0 Å². The van der Waals surface area contributed by atoms with Crippen molar-refractivity contribution in [1.29, 1.82) is 5.26 Å². The molecule has 0 aliphatic carbocycles. The van der Waals surface area contributed by atoms with Gasteiger partial charge in [0.1, 0.15) is 11.9 Å². The molecule has 4 rings (SSSR count). The highest BCUT2D eigenvalue weighted by molar-refractivity contribution is 5.58. The molecule has 4 heterocycles. The van der Waals surface area contributed by atoms with E-state index in [-0.39, 0.29) is 0 Å². The largest absolute Gasteiger partial charge is 0.376 e. The smallest absolute Gasteiger partial charge is 0.146 e. The van der Waals surface area contributed by atoms with E-state index in [1.54, 1.807) is 6.20 Å². The van der Waals surface area contributed by atoms with Crippen LogP contribution in [0.3, 0.4) is 0 Å². The summed E-state index contributed by atoms with van der Waals surface area (Å²) in [4.78, 5) is 6.87. The molecule has 0 spiro atoms. The molecular formula is C15H15N5O. The lowest BCUT2D eigenvalue weighted by Crippen LogP contribution is -2.48. The fraction of sp³-hybridized carbons (Fsp3) is 0.400. The van der Waals surface area contributed by atoms with Crippen LogP contribution in [0.2, 0.25) is 0 Å². The molecule has 1 saturated heterocycles. The van der Waals surface area contributed by atoms with Gasteiger partial charge in [-0.3, -0.25) is 4.68 Å². The Morgan fingerprint density at radius 3 is 3.05 bits per heavy atom. The number of anilines is 1. The summed E-state index contributed by atoms with van der Waals surface area (Å²) in [7, 11) is 0. The van der Waals surface area contributed by atoms with Gasteiger partial charge in [0.05, 0.1) is 30.5 Å². The zero-order chi connectivity index (χ0) is 14.2. The molecule has 0 radical (unpaired) electrons. The molecule has 0 N–H and O–H groups in total. The van der Waals surface area contributed by atoms with E-state index in [4.69, 9.17) is 9.72 Å². The predicted octanol–water partition coefficient (Wildman–Crippen LogP) is 1.28. The molecule has 2 aliphatic rings. The third-order valence-electron chi connectivity index (χ3n) is 4.09. The minimum atomic E-state index is 0.368. The van der Waals surface area contributed by atoms with Crippen LogP contribution in [-0.4, -0.2) is 34.5 Å². The highest BCUT2D eigenvalue weighted by Gasteiger charge is 2.31. The van der Waals surface area contributed by atoms with E-state index in [0.29, 0.717) is 24.8 Å². The highest BCUT2D eigenvalue weighted by atomic mass is 16.5. The lowest BCUT2D eigenvalue weighted by molar-refractivity contribution is 0.109. The zero-order valence-corrected chi connectivity index (χ0v) is 11.6. The van der Waals surface area contributed by atoms with E-state index in [2.05, 4.69) is 16.1 Å². The number of nitrogens with zero attached hydrogens (tertiary/aromatic N) is 5. The van der Waals surface area contributed by atoms with Crippen LogP contribution < -0.4 is 4.90 Å². The molecule has 6 nitrogen and oxygen atoms in total. The van der Waals surface area contributed by atoms with E-state index in [0.717, 1.165) is 36.6 Å². The average Bonchev–Trinajstić information content (AvgIpc) is 2.99. The van der Waals surface area contributed by atoms with E-state index >= 15 is 0 Å². The van der Waals surface area contributed by atoms with Crippen LogP contribution in [-0.2, 0) is 17.8 Å². The maximum atomic E-state index is 9.36. The van der Waals surface area contributed by atoms with Gasteiger partial charge in [0.15, 0.2) is 0 Å². The molecular weight excluding hydrogens is 266 g/mol. The van der Waals surface area contributed by atoms with Crippen LogP contribution >= 0.6 is 0 Å². The van der Waals surface area contributed by atoms with Crippen molar-refractivity contribution in [2.45, 2.75) is 19.1 Å². The molecule has 0 unspecified atom stereocenters. The number of aromatic nitrogens is 3. The molecule has 2 aliphatic heterocycles. The van der Waals surface area contributed by atoms with Crippen molar-refractivity contribution in [3.63, 3.8) is 0 Å². The number of hydrogen-bond acceptors (Lipinski definition) is 5. The SMILES string of the molecule is N#Cc1cc2c(nc1N1CC(n3cccn3)C1)CCOC2. The second-order valence-electron chi connectivity index (χ2n) is 5.42. The molecule has 2 aromatic heterocycles. The van der Waals surface area contributed by atoms with Crippen molar-refractivity contribution in [3.8, 4) is 6.07 Å². The van der Waals surface area contributed by atoms with Crippen molar-refractivity contribution in [2.24, 2.45) is 0 Å². The summed E-state index contributed by atoms with van der Waals surface area (Å²) in [5.74, 6) is 0.807. The standard InChI is InChI=1S/C15H15N5O/c16-7-11-6-12-10-21-5-2-14(12)18-15(11)19-8-13(9-19)20-4-1-3-17-20/h1,3-4,6,13H,2,5,8-10H2. The molecule has 0 amide bonds. The molecule has 1 fully saturated rings. The molecule has 21 heavy (non-hydrogen) atoms. The average molecular weight is 281 g/mol. The number of hydrogen-bond donors (Lipinski definition) is 0. The van der Waals surface area contributed by atoms with Crippen LogP contribution in [0.4, 0.5) is 5.82 Å². The van der Waals surface area contributed by atoms with Crippen molar-refractivity contribution in [1.82, 2.24) is 14.8 Å². The monoisotopic (exact) mass is 281 g/mol. The summed E-state index contributed by atoms with van der Waals surface area (Å²) in [5.41, 5.74) is 2.75. The van der Waals surface area contributed by atoms with Gasteiger partial charge in [-0.25, -0.2) is 4.98 Å². The summed E-state index contributed by atoms with van der Waals surface area (Å²) in [5, 5.41) is 13.6. The second kappa shape index (κ2) is 4.86. The number of fused-ring (bicyclic) bond motifs is 1. The first-order valence-corrected chi connectivity index (χ1v) is 7.10. The molecule has 0 atom stereocenters. The van der Waals surface area contributed by atoms with E-state index < -0.39 is 0 Å². The molecule has 0 bridgehead atoms. The maximum absolute atomic E-state index is 9.36. The normalized spacial score (nSPS) is 18.0. The van der Waals surface area contributed by atoms with Gasteiger partial charge in [-0.15, -0.1) is 0 Å². The van der Waals surface area contributed by atoms with Gasteiger partial charge >= 0.3 is 0 Å². The molecule has 106 valence electrons. The summed E-state index contributed by atoms with van der Waals surface area (Å²) < 4.78 is 7.39. The van der Waals surface area contributed by atoms with Crippen molar-refractivity contribution in [2.75, 3.05) is 24.6 Å². The first-order valence-electron chi connectivity index (χ1n) is 7.10. The van der Waals surface area contributed by atoms with E-state index in [1.807, 2.05) is 23.0 Å². The topological polar surface area (TPSA) is 67.0 Å². The Kier molecular flexibility index (Phi) is 2.86. The van der Waals surface area contributed by atoms with Crippen LogP contribution in [0.5, 0.6) is 0 Å². The Morgan fingerprint density at radius 2 is 2.29 bits per heavy atom. The third kappa shape index (κ3) is 2.06. The van der Waals surface area contributed by atoms with Gasteiger partial charge < -0.3 is 9.64 Å². The Balaban J connectivity index is 1.60. The van der Waals surface area contributed by atoms with Crippen LogP contribution in [0.15, 0.2) is 24.5 Å². The fourth-order valence-corrected chi connectivity index (χ4v) is 2.89. The Labute approximate surface area is 122 Å². The number of rotatable bonds is 2. The predicted molar refractivity (Wildman–Crippen MR) is 75.8 cm³/mol. The van der Waals surface area contributed by atoms with Crippen molar-refractivity contribution >= 4 is 5.82 Å². The van der Waals surface area contributed by atoms with Gasteiger partial charge in [-0.05, 0) is 12.1 Å². The number of nitriles is 1. The van der Waals surface area contributed by atoms with Crippen molar-refractivity contribution in [3.05, 3.63) is 41.3 Å². The molecule has 2 aromatic rings. The van der Waals surface area contributed by atoms with Crippen LogP contribution in [0, 0.1) is 11.3 Å². The zero-order valence-electron chi connectivity index (χ0n) is 11.6.